The van der Waals surface area contributed by atoms with Gasteiger partial charge >= 0.3 is 0 Å². The Kier molecular flexibility index (Phi) is 2.80. The average Bonchev–Trinajstić information content (AvgIpc) is 2.93. The van der Waals surface area contributed by atoms with Gasteiger partial charge in [-0.25, -0.2) is 0 Å². The van der Waals surface area contributed by atoms with Crippen molar-refractivity contribution in [2.75, 3.05) is 12.3 Å². The molecule has 2 heterocycles. The van der Waals surface area contributed by atoms with Crippen LogP contribution in [-0.4, -0.2) is 21.2 Å². The van der Waals surface area contributed by atoms with Crippen molar-refractivity contribution in [2.24, 2.45) is 7.05 Å². The Morgan fingerprint density at radius 2 is 2.22 bits per heavy atom. The third-order valence-corrected chi connectivity index (χ3v) is 3.56. The van der Waals surface area contributed by atoms with Crippen LogP contribution in [0.15, 0.2) is 30.6 Å². The number of hydrogen-bond donors (Lipinski definition) is 1. The van der Waals surface area contributed by atoms with Crippen LogP contribution in [0.25, 0.3) is 0 Å². The minimum atomic E-state index is 0.927. The van der Waals surface area contributed by atoms with E-state index < -0.39 is 0 Å². The third-order valence-electron chi connectivity index (χ3n) is 3.56. The van der Waals surface area contributed by atoms with E-state index in [0.717, 1.165) is 31.7 Å². The maximum atomic E-state index is 6.00. The van der Waals surface area contributed by atoms with Gasteiger partial charge in [0.05, 0.1) is 6.20 Å². The number of hydrogen-bond acceptors (Lipinski definition) is 3. The Hall–Kier alpha value is -1.81. The summed E-state index contributed by atoms with van der Waals surface area (Å²) in [6.45, 7) is 3.04. The van der Waals surface area contributed by atoms with Gasteiger partial charge in [0.1, 0.15) is 0 Å². The Labute approximate surface area is 107 Å². The van der Waals surface area contributed by atoms with Crippen LogP contribution >= 0.6 is 0 Å². The number of fused-ring (bicyclic) bond motifs is 1. The zero-order chi connectivity index (χ0) is 12.5. The minimum Gasteiger partial charge on any atom is -0.398 e. The molecule has 18 heavy (non-hydrogen) atoms. The van der Waals surface area contributed by atoms with Gasteiger partial charge in [-0.3, -0.25) is 9.58 Å². The second-order valence-electron chi connectivity index (χ2n) is 4.97. The molecule has 0 fully saturated rings. The van der Waals surface area contributed by atoms with E-state index >= 15 is 0 Å². The number of nitrogen functional groups attached to an aromatic ring is 1. The van der Waals surface area contributed by atoms with Gasteiger partial charge in [-0.2, -0.15) is 5.10 Å². The fourth-order valence-corrected chi connectivity index (χ4v) is 2.56. The summed E-state index contributed by atoms with van der Waals surface area (Å²) in [5.74, 6) is 0. The van der Waals surface area contributed by atoms with Crippen LogP contribution in [0.1, 0.15) is 16.7 Å². The molecule has 3 rings (SSSR count). The highest BCUT2D eigenvalue weighted by Crippen LogP contribution is 2.27. The number of aromatic nitrogens is 2. The number of nitrogens with zero attached hydrogens (tertiary/aromatic N) is 3. The molecule has 2 N–H and O–H groups in total. The molecule has 1 aliphatic rings. The lowest BCUT2D eigenvalue weighted by Gasteiger charge is -2.13. The van der Waals surface area contributed by atoms with Crippen molar-refractivity contribution >= 4 is 5.69 Å². The van der Waals surface area contributed by atoms with E-state index in [-0.39, 0.29) is 0 Å². The zero-order valence-corrected chi connectivity index (χ0v) is 10.6. The summed E-state index contributed by atoms with van der Waals surface area (Å²) in [6.07, 6.45) is 5.07. The highest BCUT2D eigenvalue weighted by molar-refractivity contribution is 5.52. The molecule has 0 radical (unpaired) electrons. The molecule has 0 saturated heterocycles. The monoisotopic (exact) mass is 242 g/mol. The summed E-state index contributed by atoms with van der Waals surface area (Å²) in [5.41, 5.74) is 10.9. The quantitative estimate of drug-likeness (QED) is 0.831. The Morgan fingerprint density at radius 3 is 2.94 bits per heavy atom. The Balaban J connectivity index is 1.63. The van der Waals surface area contributed by atoms with Gasteiger partial charge in [-0.15, -0.1) is 0 Å². The zero-order valence-electron chi connectivity index (χ0n) is 10.6. The van der Waals surface area contributed by atoms with Gasteiger partial charge in [0.2, 0.25) is 0 Å². The smallest absolute Gasteiger partial charge is 0.0522 e. The summed E-state index contributed by atoms with van der Waals surface area (Å²) in [4.78, 5) is 2.44. The molecule has 0 saturated carbocycles. The van der Waals surface area contributed by atoms with Crippen molar-refractivity contribution in [2.45, 2.75) is 19.5 Å². The first-order chi connectivity index (χ1) is 8.72. The van der Waals surface area contributed by atoms with Crippen LogP contribution < -0.4 is 5.73 Å². The third kappa shape index (κ3) is 2.11. The fourth-order valence-electron chi connectivity index (χ4n) is 2.56. The molecule has 0 aliphatic carbocycles. The minimum absolute atomic E-state index is 0.927. The van der Waals surface area contributed by atoms with E-state index in [9.17, 15) is 0 Å². The van der Waals surface area contributed by atoms with E-state index in [1.54, 1.807) is 0 Å². The summed E-state index contributed by atoms with van der Waals surface area (Å²) >= 11 is 0. The lowest BCUT2D eigenvalue weighted by molar-refractivity contribution is 0.288. The van der Waals surface area contributed by atoms with Crippen molar-refractivity contribution in [1.29, 1.82) is 0 Å². The van der Waals surface area contributed by atoms with Crippen LogP contribution in [0.3, 0.4) is 0 Å². The predicted octanol–water partition coefficient (Wildman–Crippen LogP) is 1.56. The van der Waals surface area contributed by atoms with Gasteiger partial charge in [0.25, 0.3) is 0 Å². The molecule has 0 bridgehead atoms. The maximum Gasteiger partial charge on any atom is 0.0522 e. The van der Waals surface area contributed by atoms with Crippen molar-refractivity contribution < 1.29 is 0 Å². The average molecular weight is 242 g/mol. The van der Waals surface area contributed by atoms with Crippen molar-refractivity contribution in [3.05, 3.63) is 47.3 Å². The van der Waals surface area contributed by atoms with Crippen LogP contribution in [0.5, 0.6) is 0 Å². The summed E-state index contributed by atoms with van der Waals surface area (Å²) in [6, 6.07) is 6.21. The predicted molar refractivity (Wildman–Crippen MR) is 71.9 cm³/mol. The molecule has 1 aromatic heterocycles. The topological polar surface area (TPSA) is 47.1 Å². The molecule has 94 valence electrons. The van der Waals surface area contributed by atoms with Gasteiger partial charge in [-0.05, 0) is 29.2 Å². The first-order valence-corrected chi connectivity index (χ1v) is 6.28. The van der Waals surface area contributed by atoms with Crippen molar-refractivity contribution in [3.8, 4) is 0 Å². The van der Waals surface area contributed by atoms with Gasteiger partial charge in [0, 0.05) is 38.6 Å². The molecule has 4 nitrogen and oxygen atoms in total. The lowest BCUT2D eigenvalue weighted by atomic mass is 10.1. The molecular weight excluding hydrogens is 224 g/mol. The SMILES string of the molecule is Cn1cc(CCN2Cc3cccc(N)c3C2)cn1. The van der Waals surface area contributed by atoms with Crippen LogP contribution in [0.2, 0.25) is 0 Å². The number of rotatable bonds is 3. The molecule has 1 aliphatic heterocycles. The van der Waals surface area contributed by atoms with E-state index in [0.29, 0.717) is 0 Å². The molecule has 2 aromatic rings. The highest BCUT2D eigenvalue weighted by Gasteiger charge is 2.20. The first-order valence-electron chi connectivity index (χ1n) is 6.28. The molecule has 0 atom stereocenters. The Bertz CT molecular complexity index is 559. The van der Waals surface area contributed by atoms with Crippen molar-refractivity contribution in [3.63, 3.8) is 0 Å². The largest absolute Gasteiger partial charge is 0.398 e. The summed E-state index contributed by atoms with van der Waals surface area (Å²) in [5, 5.41) is 4.19. The number of anilines is 1. The normalized spacial score (nSPS) is 14.9. The van der Waals surface area contributed by atoms with Gasteiger partial charge < -0.3 is 5.73 Å². The number of nitrogens with two attached hydrogens (primary N) is 1. The second kappa shape index (κ2) is 4.46. The second-order valence-corrected chi connectivity index (χ2v) is 4.97. The van der Waals surface area contributed by atoms with E-state index in [2.05, 4.69) is 22.3 Å². The molecule has 0 amide bonds. The van der Waals surface area contributed by atoms with Gasteiger partial charge in [0.15, 0.2) is 0 Å². The van der Waals surface area contributed by atoms with Gasteiger partial charge in [-0.1, -0.05) is 12.1 Å². The number of benzene rings is 1. The summed E-state index contributed by atoms with van der Waals surface area (Å²) < 4.78 is 1.85. The first kappa shape index (κ1) is 11.3. The number of aryl methyl sites for hydroxylation is 1. The van der Waals surface area contributed by atoms with E-state index in [1.807, 2.05) is 30.1 Å². The van der Waals surface area contributed by atoms with Crippen LogP contribution in [0.4, 0.5) is 5.69 Å². The fraction of sp³-hybridized carbons (Fsp3) is 0.357. The van der Waals surface area contributed by atoms with Crippen molar-refractivity contribution in [1.82, 2.24) is 14.7 Å². The molecule has 0 spiro atoms. The lowest BCUT2D eigenvalue weighted by Crippen LogP contribution is -2.19. The molecular formula is C14H18N4. The van der Waals surface area contributed by atoms with E-state index in [4.69, 9.17) is 5.73 Å². The molecule has 1 aromatic carbocycles. The standard InChI is InChI=1S/C14H18N4/c1-17-8-11(7-16-17)5-6-18-9-12-3-2-4-14(15)13(12)10-18/h2-4,7-8H,5-6,9-10,15H2,1H3. The molecule has 4 heteroatoms. The van der Waals surface area contributed by atoms with Crippen LogP contribution in [-0.2, 0) is 26.6 Å². The maximum absolute atomic E-state index is 6.00. The highest BCUT2D eigenvalue weighted by atomic mass is 15.2. The Morgan fingerprint density at radius 1 is 1.33 bits per heavy atom. The molecule has 0 unspecified atom stereocenters. The van der Waals surface area contributed by atoms with Crippen LogP contribution in [0, 0.1) is 0 Å². The van der Waals surface area contributed by atoms with E-state index in [1.165, 1.54) is 16.7 Å². The summed E-state index contributed by atoms with van der Waals surface area (Å²) in [7, 11) is 1.95.